The van der Waals surface area contributed by atoms with Crippen molar-refractivity contribution in [3.63, 3.8) is 0 Å². The Labute approximate surface area is 119 Å². The third kappa shape index (κ3) is 5.24. The number of rotatable bonds is 5. The first-order valence-electron chi connectivity index (χ1n) is 4.06. The van der Waals surface area contributed by atoms with Crippen LogP contribution in [0.5, 0.6) is 0 Å². The molecular weight excluding hydrogens is 199 g/mol. The van der Waals surface area contributed by atoms with E-state index in [1.165, 1.54) is 0 Å². The molecule has 0 saturated heterocycles. The summed E-state index contributed by atoms with van der Waals surface area (Å²) in [4.78, 5) is 10.5. The molecule has 1 N–H and O–H groups in total. The summed E-state index contributed by atoms with van der Waals surface area (Å²) in [6.07, 6.45) is 0. The van der Waals surface area contributed by atoms with E-state index in [1.807, 2.05) is 0 Å². The Hall–Kier alpha value is 1.46. The van der Waals surface area contributed by atoms with Crippen LogP contribution in [-0.4, -0.2) is 85.5 Å². The van der Waals surface area contributed by atoms with E-state index in [1.54, 1.807) is 0 Å². The summed E-state index contributed by atoms with van der Waals surface area (Å²) in [6.45, 7) is 6.31. The molecule has 0 aromatic carbocycles. The molecule has 0 aromatic rings. The van der Waals surface area contributed by atoms with Crippen LogP contribution in [0.1, 0.15) is 20.8 Å². The van der Waals surface area contributed by atoms with Gasteiger partial charge in [0, 0.05) is 0 Å². The molecule has 4 heteroatoms. The fourth-order valence-corrected chi connectivity index (χ4v) is 3.54. The van der Waals surface area contributed by atoms with E-state index < -0.39 is 16.0 Å². The van der Waals surface area contributed by atoms with Crippen molar-refractivity contribution in [1.82, 2.24) is 0 Å². The summed E-state index contributed by atoms with van der Waals surface area (Å²) in [7, 11) is -0.809. The van der Waals surface area contributed by atoms with Gasteiger partial charge < -0.3 is 5.11 Å². The molecule has 0 amide bonds. The summed E-state index contributed by atoms with van der Waals surface area (Å²) in [5, 5.41) is 8.66. The Kier molecular flexibility index (Phi) is 10.4. The summed E-state index contributed by atoms with van der Waals surface area (Å²) >= 11 is 0. The second-order valence-corrected chi connectivity index (χ2v) is 7.10. The molecule has 0 rings (SSSR count). The molecule has 0 unspecified atom stereocenters. The molecule has 0 aliphatic carbocycles. The van der Waals surface area contributed by atoms with Crippen LogP contribution >= 0.6 is 10.0 Å². The molecule has 0 aliphatic heterocycles. The first kappa shape index (κ1) is 15.9. The molecule has 12 heavy (non-hydrogen) atoms. The van der Waals surface area contributed by atoms with E-state index in [-0.39, 0.29) is 51.4 Å². The van der Waals surface area contributed by atoms with Crippen molar-refractivity contribution in [2.45, 2.75) is 20.8 Å². The SMILES string of the molecule is CCS(CC)(CC)CC(=O)O.[KH]. The normalized spacial score (nSPS) is 11.9. The summed E-state index contributed by atoms with van der Waals surface area (Å²) < 4.78 is 0. The second-order valence-electron chi connectivity index (χ2n) is 2.63. The fraction of sp³-hybridized carbons (Fsp3) is 0.875. The van der Waals surface area contributed by atoms with Gasteiger partial charge in [0.25, 0.3) is 0 Å². The van der Waals surface area contributed by atoms with Crippen molar-refractivity contribution in [1.29, 1.82) is 0 Å². The van der Waals surface area contributed by atoms with Crippen LogP contribution in [0.3, 0.4) is 0 Å². The van der Waals surface area contributed by atoms with Gasteiger partial charge in [-0.3, -0.25) is 4.79 Å². The molecule has 0 heterocycles. The van der Waals surface area contributed by atoms with E-state index in [4.69, 9.17) is 5.11 Å². The second kappa shape index (κ2) is 7.82. The average molecular weight is 218 g/mol. The zero-order valence-electron chi connectivity index (χ0n) is 7.59. The van der Waals surface area contributed by atoms with Crippen LogP contribution in [-0.2, 0) is 4.79 Å². The van der Waals surface area contributed by atoms with E-state index >= 15 is 0 Å². The number of carboxylic acid groups (broad SMARTS) is 1. The van der Waals surface area contributed by atoms with E-state index in [9.17, 15) is 4.79 Å². The van der Waals surface area contributed by atoms with Gasteiger partial charge in [0.1, 0.15) is 0 Å². The van der Waals surface area contributed by atoms with Crippen molar-refractivity contribution in [3.05, 3.63) is 0 Å². The zero-order chi connectivity index (χ0) is 8.91. The van der Waals surface area contributed by atoms with Crippen LogP contribution < -0.4 is 0 Å². The Morgan fingerprint density at radius 1 is 1.17 bits per heavy atom. The summed E-state index contributed by atoms with van der Waals surface area (Å²) in [5.74, 6) is 2.91. The topological polar surface area (TPSA) is 37.3 Å². The van der Waals surface area contributed by atoms with Gasteiger partial charge >= 0.3 is 57.4 Å². The molecule has 0 bridgehead atoms. The van der Waals surface area contributed by atoms with Gasteiger partial charge in [-0.15, -0.1) is 0 Å². The number of hydrogen-bond acceptors (Lipinski definition) is 1. The van der Waals surface area contributed by atoms with Crippen molar-refractivity contribution < 1.29 is 9.90 Å². The van der Waals surface area contributed by atoms with Gasteiger partial charge in [-0.2, -0.15) is 0 Å². The predicted octanol–water partition coefficient (Wildman–Crippen LogP) is 1.29. The minimum absolute atomic E-state index is 0. The monoisotopic (exact) mass is 218 g/mol. The summed E-state index contributed by atoms with van der Waals surface area (Å²) in [6, 6.07) is 0. The maximum absolute atomic E-state index is 10.5. The van der Waals surface area contributed by atoms with Gasteiger partial charge in [-0.05, 0) is 17.3 Å². The van der Waals surface area contributed by atoms with Crippen LogP contribution in [0.25, 0.3) is 0 Å². The van der Waals surface area contributed by atoms with Crippen LogP contribution in [0, 0.1) is 0 Å². The quantitative estimate of drug-likeness (QED) is 0.706. The molecule has 0 fully saturated rings. The van der Waals surface area contributed by atoms with Gasteiger partial charge in [-0.1, -0.05) is 20.8 Å². The first-order valence-corrected chi connectivity index (χ1v) is 6.37. The molecule has 70 valence electrons. The fourth-order valence-electron chi connectivity index (χ4n) is 1.18. The van der Waals surface area contributed by atoms with Gasteiger partial charge in [0.15, 0.2) is 0 Å². The van der Waals surface area contributed by atoms with Crippen LogP contribution in [0.4, 0.5) is 0 Å². The third-order valence-corrected chi connectivity index (χ3v) is 6.80. The molecular formula is C8H19KO2S. The van der Waals surface area contributed by atoms with Crippen molar-refractivity contribution >= 4 is 67.4 Å². The Morgan fingerprint density at radius 3 is 1.58 bits per heavy atom. The molecule has 0 atom stereocenters. The van der Waals surface area contributed by atoms with Gasteiger partial charge in [0.2, 0.25) is 0 Å². The number of hydrogen-bond donors (Lipinski definition) is 1. The van der Waals surface area contributed by atoms with E-state index in [0.717, 1.165) is 17.3 Å². The minimum atomic E-state index is -0.809. The molecule has 0 aliphatic rings. The maximum atomic E-state index is 10.5. The Bertz CT molecular complexity index is 127. The third-order valence-electron chi connectivity index (χ3n) is 2.27. The number of aliphatic carboxylic acids is 1. The van der Waals surface area contributed by atoms with Crippen molar-refractivity contribution in [2.75, 3.05) is 23.0 Å². The molecule has 0 saturated carbocycles. The zero-order valence-corrected chi connectivity index (χ0v) is 8.41. The van der Waals surface area contributed by atoms with Gasteiger partial charge in [-0.25, -0.2) is 10.0 Å². The molecule has 2 nitrogen and oxygen atoms in total. The van der Waals surface area contributed by atoms with E-state index in [0.29, 0.717) is 5.75 Å². The Morgan fingerprint density at radius 2 is 1.50 bits per heavy atom. The van der Waals surface area contributed by atoms with Crippen LogP contribution in [0.2, 0.25) is 0 Å². The van der Waals surface area contributed by atoms with Gasteiger partial charge in [0.05, 0.1) is 5.75 Å². The first-order chi connectivity index (χ1) is 5.10. The average Bonchev–Trinajstić information content (AvgIpc) is 2.00. The van der Waals surface area contributed by atoms with Crippen LogP contribution in [0.15, 0.2) is 0 Å². The molecule has 0 radical (unpaired) electrons. The Balaban J connectivity index is 0. The molecule has 0 aromatic heterocycles. The standard InChI is InChI=1S/C8H18O2S.K.H/c1-4-11(5-2,6-3)7-8(9)10;;/h4-7H2,1-3H3,(H,9,10);;. The number of carbonyl (C=O) groups is 1. The van der Waals surface area contributed by atoms with E-state index in [2.05, 4.69) is 20.8 Å². The summed E-state index contributed by atoms with van der Waals surface area (Å²) in [5.41, 5.74) is 0. The predicted molar refractivity (Wildman–Crippen MR) is 58.9 cm³/mol. The van der Waals surface area contributed by atoms with Crippen molar-refractivity contribution in [3.8, 4) is 0 Å². The van der Waals surface area contributed by atoms with Crippen molar-refractivity contribution in [2.24, 2.45) is 0 Å². The molecule has 0 spiro atoms. The number of carboxylic acids is 1.